The Kier molecular flexibility index (Phi) is 38.8. The van der Waals surface area contributed by atoms with Crippen molar-refractivity contribution in [3.05, 3.63) is 12.2 Å². The van der Waals surface area contributed by atoms with E-state index < -0.39 is 174 Å². The van der Waals surface area contributed by atoms with Crippen LogP contribution in [-0.4, -0.2) is 246 Å². The normalized spacial score (nSPS) is 33.8. The molecule has 4 aliphatic rings. The Labute approximate surface area is 515 Å². The third kappa shape index (κ3) is 26.0. The quantitative estimate of drug-likeness (QED) is 0.0305. The fourth-order valence-corrected chi connectivity index (χ4v) is 11.7. The van der Waals surface area contributed by atoms with Crippen molar-refractivity contribution in [1.82, 2.24) is 10.6 Å². The Hall–Kier alpha value is -2.16. The number of rotatable bonds is 45. The fourth-order valence-electron chi connectivity index (χ4n) is 11.7. The summed E-state index contributed by atoms with van der Waals surface area (Å²) in [5.41, 5.74) is 0. The van der Waals surface area contributed by atoms with Gasteiger partial charge in [0.1, 0.15) is 97.6 Å². The average molecular weight is 1260 g/mol. The summed E-state index contributed by atoms with van der Waals surface area (Å²) in [6.07, 6.45) is 0.0598. The summed E-state index contributed by atoms with van der Waals surface area (Å²) >= 11 is 0. The lowest BCUT2D eigenvalue weighted by Crippen LogP contribution is -2.70. The maximum absolute atomic E-state index is 13.4. The van der Waals surface area contributed by atoms with Crippen molar-refractivity contribution in [2.24, 2.45) is 0 Å². The summed E-state index contributed by atoms with van der Waals surface area (Å²) in [4.78, 5) is 26.0. The minimum absolute atomic E-state index is 0.217. The number of hydrogen-bond acceptors (Lipinski definition) is 23. The summed E-state index contributed by atoms with van der Waals surface area (Å²) in [5, 5.41) is 147. The topological polar surface area (TPSA) is 395 Å². The summed E-state index contributed by atoms with van der Waals surface area (Å²) in [7, 11) is 0. The molecule has 0 aromatic rings. The summed E-state index contributed by atoms with van der Waals surface area (Å²) in [6, 6.07) is -2.62. The van der Waals surface area contributed by atoms with Crippen molar-refractivity contribution >= 4 is 11.8 Å². The Morgan fingerprint density at radius 1 is 0.448 bits per heavy atom. The fraction of sp³-hybridized carbons (Fsp3) is 0.935. The second-order valence-corrected chi connectivity index (χ2v) is 24.3. The number of aliphatic hydroxyl groups excluding tert-OH is 13. The molecule has 22 atom stereocenters. The predicted octanol–water partition coefficient (Wildman–Crippen LogP) is 1.78. The standard InChI is InChI=1S/C62H114N2O23/c1-4-6-8-10-12-14-16-18-19-21-23-25-27-29-31-33-46(71)64-40(41(70)32-30-28-26-24-22-20-17-15-13-11-9-7-5-2)38-80-60-54(78)51(75)57(44(36-67)83-60)86-62-55(79)52(76)56(45(37-68)84-62)85-59-47(63-39(3)69)58(49(73)43(35-66)81-59)87-61-53(77)50(74)48(72)42(34-65)82-61/h30,32,40-45,47-62,65-68,70,72-79H,4-29,31,33-38H2,1-3H3,(H,63,69)(H,64,71)/b32-30+/t40?,41?,42-,43-,44-,45-,47-,48+,49+,50+,51-,52-,53-,54-,55-,56+,57-,58-,59+,60-,61+,62+/m1/s1. The summed E-state index contributed by atoms with van der Waals surface area (Å²) in [5.74, 6) is -1.06. The zero-order valence-electron chi connectivity index (χ0n) is 52.1. The van der Waals surface area contributed by atoms with Gasteiger partial charge in [-0.3, -0.25) is 9.59 Å². The molecule has 4 fully saturated rings. The van der Waals surface area contributed by atoms with Crippen LogP contribution in [0.2, 0.25) is 0 Å². The highest BCUT2D eigenvalue weighted by molar-refractivity contribution is 5.76. The van der Waals surface area contributed by atoms with Gasteiger partial charge in [0.25, 0.3) is 0 Å². The molecule has 2 amide bonds. The van der Waals surface area contributed by atoms with Gasteiger partial charge < -0.3 is 115 Å². The molecule has 25 heteroatoms. The van der Waals surface area contributed by atoms with Crippen molar-refractivity contribution in [2.45, 2.75) is 335 Å². The number of unbranched alkanes of at least 4 members (excludes halogenated alkanes) is 25. The summed E-state index contributed by atoms with van der Waals surface area (Å²) < 4.78 is 46.7. The third-order valence-corrected chi connectivity index (χ3v) is 17.1. The van der Waals surface area contributed by atoms with Crippen LogP contribution in [0, 0.1) is 0 Å². The largest absolute Gasteiger partial charge is 0.394 e. The van der Waals surface area contributed by atoms with Gasteiger partial charge in [0.15, 0.2) is 25.2 Å². The van der Waals surface area contributed by atoms with Crippen LogP contribution < -0.4 is 10.6 Å². The first-order chi connectivity index (χ1) is 42.0. The molecule has 87 heavy (non-hydrogen) atoms. The molecule has 0 radical (unpaired) electrons. The van der Waals surface area contributed by atoms with E-state index in [-0.39, 0.29) is 12.3 Å². The molecule has 0 spiro atoms. The highest BCUT2D eigenvalue weighted by Gasteiger charge is 2.56. The monoisotopic (exact) mass is 1250 g/mol. The first kappa shape index (κ1) is 77.3. The number of carbonyl (C=O) groups excluding carboxylic acids is 2. The Balaban J connectivity index is 1.36. The van der Waals surface area contributed by atoms with Gasteiger partial charge >= 0.3 is 0 Å². The molecule has 0 bridgehead atoms. The number of amides is 2. The zero-order chi connectivity index (χ0) is 63.7. The molecule has 0 saturated carbocycles. The van der Waals surface area contributed by atoms with Crippen LogP contribution in [0.4, 0.5) is 0 Å². The lowest BCUT2D eigenvalue weighted by Gasteiger charge is -2.50. The molecule has 4 heterocycles. The van der Waals surface area contributed by atoms with Crippen LogP contribution in [0.15, 0.2) is 12.2 Å². The molecular formula is C62H114N2O23. The molecule has 0 aromatic heterocycles. The molecule has 2 unspecified atom stereocenters. The smallest absolute Gasteiger partial charge is 0.220 e. The first-order valence-electron chi connectivity index (χ1n) is 32.9. The van der Waals surface area contributed by atoms with Gasteiger partial charge in [-0.05, 0) is 19.3 Å². The SMILES string of the molecule is CCCCCCCCCCCCC/C=C/C(O)C(CO[C@@H]1O[C@H](CO)[C@@H](O[C@@H]2O[C@H](CO)[C@H](O[C@@H]3O[C@H](CO)[C@H](O)[C@H](O[C@@H]4O[C@H](CO)[C@H](O)[C@H](O)[C@H]4O)[C@H]3NC(C)=O)[C@H](O)[C@H]2O)[C@H](O)[C@H]1O)NC(=O)CCCCCCCCCCCCCCCCC. The maximum atomic E-state index is 13.4. The van der Waals surface area contributed by atoms with Gasteiger partial charge in [-0.25, -0.2) is 0 Å². The lowest BCUT2D eigenvalue weighted by molar-refractivity contribution is -0.380. The van der Waals surface area contributed by atoms with Crippen molar-refractivity contribution < 1.29 is 114 Å². The van der Waals surface area contributed by atoms with Gasteiger partial charge in [-0.15, -0.1) is 0 Å². The van der Waals surface area contributed by atoms with E-state index in [2.05, 4.69) is 24.5 Å². The number of hydrogen-bond donors (Lipinski definition) is 15. The van der Waals surface area contributed by atoms with E-state index in [1.807, 2.05) is 6.08 Å². The summed E-state index contributed by atoms with van der Waals surface area (Å²) in [6.45, 7) is 1.59. The van der Waals surface area contributed by atoms with Crippen LogP contribution in [-0.2, 0) is 47.5 Å². The third-order valence-electron chi connectivity index (χ3n) is 17.1. The van der Waals surface area contributed by atoms with E-state index in [9.17, 15) is 76.0 Å². The average Bonchev–Trinajstić information content (AvgIpc) is 3.37. The Morgan fingerprint density at radius 2 is 0.828 bits per heavy atom. The van der Waals surface area contributed by atoms with E-state index in [1.165, 1.54) is 116 Å². The van der Waals surface area contributed by atoms with Gasteiger partial charge in [0, 0.05) is 13.3 Å². The number of allylic oxidation sites excluding steroid dienone is 1. The van der Waals surface area contributed by atoms with Crippen molar-refractivity contribution in [1.29, 1.82) is 0 Å². The van der Waals surface area contributed by atoms with Gasteiger partial charge in [-0.1, -0.05) is 180 Å². The van der Waals surface area contributed by atoms with E-state index >= 15 is 0 Å². The highest BCUT2D eigenvalue weighted by atomic mass is 16.8. The Morgan fingerprint density at radius 3 is 1.30 bits per heavy atom. The number of carbonyl (C=O) groups is 2. The van der Waals surface area contributed by atoms with E-state index in [0.29, 0.717) is 12.8 Å². The molecule has 0 aromatic carbocycles. The van der Waals surface area contributed by atoms with Crippen molar-refractivity contribution in [3.63, 3.8) is 0 Å². The molecular weight excluding hydrogens is 1140 g/mol. The second kappa shape index (κ2) is 43.6. The Bertz CT molecular complexity index is 1830. The van der Waals surface area contributed by atoms with Gasteiger partial charge in [-0.2, -0.15) is 0 Å². The van der Waals surface area contributed by atoms with Gasteiger partial charge in [0.05, 0.1) is 45.2 Å². The molecule has 4 rings (SSSR count). The predicted molar refractivity (Wildman–Crippen MR) is 317 cm³/mol. The maximum Gasteiger partial charge on any atom is 0.220 e. The van der Waals surface area contributed by atoms with Crippen LogP contribution in [0.1, 0.15) is 201 Å². The minimum Gasteiger partial charge on any atom is -0.394 e. The highest BCUT2D eigenvalue weighted by Crippen LogP contribution is 2.35. The number of aliphatic hydroxyl groups is 13. The minimum atomic E-state index is -2.10. The number of nitrogens with one attached hydrogen (secondary N) is 2. The van der Waals surface area contributed by atoms with Crippen LogP contribution in [0.3, 0.4) is 0 Å². The zero-order valence-corrected chi connectivity index (χ0v) is 52.1. The number of ether oxygens (including phenoxy) is 8. The van der Waals surface area contributed by atoms with Crippen LogP contribution >= 0.6 is 0 Å². The van der Waals surface area contributed by atoms with Crippen molar-refractivity contribution in [3.8, 4) is 0 Å². The molecule has 4 aliphatic heterocycles. The van der Waals surface area contributed by atoms with E-state index in [0.717, 1.165) is 51.9 Å². The van der Waals surface area contributed by atoms with Crippen LogP contribution in [0.25, 0.3) is 0 Å². The van der Waals surface area contributed by atoms with Crippen molar-refractivity contribution in [2.75, 3.05) is 33.0 Å². The molecule has 4 saturated heterocycles. The molecule has 15 N–H and O–H groups in total. The molecule has 25 nitrogen and oxygen atoms in total. The van der Waals surface area contributed by atoms with E-state index in [4.69, 9.17) is 37.9 Å². The first-order valence-corrected chi connectivity index (χ1v) is 32.9. The van der Waals surface area contributed by atoms with Crippen LogP contribution in [0.5, 0.6) is 0 Å². The van der Waals surface area contributed by atoms with Gasteiger partial charge in [0.2, 0.25) is 11.8 Å². The molecule has 510 valence electrons. The lowest BCUT2D eigenvalue weighted by atomic mass is 9.94. The second-order valence-electron chi connectivity index (χ2n) is 24.3. The molecule has 0 aliphatic carbocycles. The van der Waals surface area contributed by atoms with E-state index in [1.54, 1.807) is 6.08 Å².